The minimum Gasteiger partial charge on any atom is -0.391 e. The number of aromatic nitrogens is 1. The van der Waals surface area contributed by atoms with Gasteiger partial charge in [0.05, 0.1) is 17.1 Å². The standard InChI is InChI=1S/C9H15ClN2O2S/c1-9(2,14)5-12(3)8-11-7(10)6(4-13)15-8/h13-14H,4-5H2,1-3H3. The highest BCUT2D eigenvalue weighted by molar-refractivity contribution is 7.16. The molecule has 4 nitrogen and oxygen atoms in total. The lowest BCUT2D eigenvalue weighted by Gasteiger charge is -2.24. The van der Waals surface area contributed by atoms with Crippen LogP contribution in [0.2, 0.25) is 5.15 Å². The number of hydrogen-bond acceptors (Lipinski definition) is 5. The summed E-state index contributed by atoms with van der Waals surface area (Å²) in [5, 5.41) is 19.6. The molecule has 0 spiro atoms. The normalized spacial score (nSPS) is 11.9. The molecule has 1 aromatic heterocycles. The van der Waals surface area contributed by atoms with E-state index in [1.807, 2.05) is 11.9 Å². The van der Waals surface area contributed by atoms with Crippen LogP contribution in [0.1, 0.15) is 18.7 Å². The van der Waals surface area contributed by atoms with Crippen LogP contribution in [0.4, 0.5) is 5.13 Å². The molecule has 0 aliphatic rings. The Hall–Kier alpha value is -0.360. The van der Waals surface area contributed by atoms with Gasteiger partial charge in [-0.15, -0.1) is 0 Å². The second-order valence-electron chi connectivity index (χ2n) is 4.04. The quantitative estimate of drug-likeness (QED) is 0.850. The van der Waals surface area contributed by atoms with Crippen molar-refractivity contribution in [2.75, 3.05) is 18.5 Å². The van der Waals surface area contributed by atoms with Crippen molar-refractivity contribution in [2.45, 2.75) is 26.1 Å². The van der Waals surface area contributed by atoms with Crippen LogP contribution in [-0.2, 0) is 6.61 Å². The van der Waals surface area contributed by atoms with Crippen LogP contribution >= 0.6 is 22.9 Å². The molecule has 0 bridgehead atoms. The molecular weight excluding hydrogens is 236 g/mol. The number of aliphatic hydroxyl groups is 2. The molecule has 2 N–H and O–H groups in total. The third kappa shape index (κ3) is 3.61. The second-order valence-corrected chi connectivity index (χ2v) is 5.46. The molecule has 0 aliphatic heterocycles. The van der Waals surface area contributed by atoms with Gasteiger partial charge >= 0.3 is 0 Å². The molecule has 0 atom stereocenters. The molecule has 0 saturated heterocycles. The van der Waals surface area contributed by atoms with Gasteiger partial charge in [-0.2, -0.15) is 0 Å². The Kier molecular flexibility index (Phi) is 3.94. The zero-order valence-corrected chi connectivity index (χ0v) is 10.6. The van der Waals surface area contributed by atoms with Crippen LogP contribution in [0.15, 0.2) is 0 Å². The van der Waals surface area contributed by atoms with E-state index in [0.717, 1.165) is 0 Å². The number of thiazole rings is 1. The van der Waals surface area contributed by atoms with E-state index in [9.17, 15) is 5.11 Å². The number of likely N-dealkylation sites (N-methyl/N-ethyl adjacent to an activating group) is 1. The van der Waals surface area contributed by atoms with Gasteiger partial charge in [0.1, 0.15) is 5.15 Å². The molecular formula is C9H15ClN2O2S. The number of hydrogen-bond donors (Lipinski definition) is 2. The fraction of sp³-hybridized carbons (Fsp3) is 0.667. The number of aliphatic hydroxyl groups excluding tert-OH is 1. The van der Waals surface area contributed by atoms with Crippen molar-refractivity contribution in [3.8, 4) is 0 Å². The first-order valence-corrected chi connectivity index (χ1v) is 5.72. The molecule has 0 saturated carbocycles. The summed E-state index contributed by atoms with van der Waals surface area (Å²) in [6.45, 7) is 3.81. The monoisotopic (exact) mass is 250 g/mol. The zero-order chi connectivity index (χ0) is 11.6. The van der Waals surface area contributed by atoms with E-state index < -0.39 is 5.60 Å². The van der Waals surface area contributed by atoms with Gasteiger partial charge in [0.2, 0.25) is 0 Å². The lowest BCUT2D eigenvalue weighted by molar-refractivity contribution is 0.0886. The number of nitrogens with zero attached hydrogens (tertiary/aromatic N) is 2. The van der Waals surface area contributed by atoms with Gasteiger partial charge in [-0.05, 0) is 13.8 Å². The van der Waals surface area contributed by atoms with Crippen molar-refractivity contribution in [3.05, 3.63) is 10.0 Å². The first kappa shape index (κ1) is 12.7. The summed E-state index contributed by atoms with van der Waals surface area (Å²) in [6, 6.07) is 0. The Morgan fingerprint density at radius 3 is 2.53 bits per heavy atom. The Morgan fingerprint density at radius 1 is 1.53 bits per heavy atom. The van der Waals surface area contributed by atoms with E-state index >= 15 is 0 Å². The van der Waals surface area contributed by atoms with E-state index in [4.69, 9.17) is 16.7 Å². The first-order valence-electron chi connectivity index (χ1n) is 4.53. The number of anilines is 1. The average Bonchev–Trinajstić information content (AvgIpc) is 2.43. The van der Waals surface area contributed by atoms with Gasteiger partial charge in [-0.1, -0.05) is 22.9 Å². The van der Waals surface area contributed by atoms with Gasteiger partial charge in [0.25, 0.3) is 0 Å². The van der Waals surface area contributed by atoms with E-state index in [0.29, 0.717) is 21.7 Å². The predicted molar refractivity (Wildman–Crippen MR) is 62.6 cm³/mol. The predicted octanol–water partition coefficient (Wildman–Crippen LogP) is 1.50. The molecule has 0 fully saturated rings. The zero-order valence-electron chi connectivity index (χ0n) is 8.99. The van der Waals surface area contributed by atoms with E-state index in [1.54, 1.807) is 13.8 Å². The first-order chi connectivity index (χ1) is 6.83. The lowest BCUT2D eigenvalue weighted by atomic mass is 10.1. The van der Waals surface area contributed by atoms with Gasteiger partial charge in [0.15, 0.2) is 5.13 Å². The molecule has 1 aromatic rings. The fourth-order valence-corrected chi connectivity index (χ4v) is 2.31. The van der Waals surface area contributed by atoms with E-state index in [-0.39, 0.29) is 6.61 Å². The van der Waals surface area contributed by atoms with Gasteiger partial charge in [-0.25, -0.2) is 4.98 Å². The summed E-state index contributed by atoms with van der Waals surface area (Å²) in [6.07, 6.45) is 0. The maximum absolute atomic E-state index is 9.64. The Morgan fingerprint density at radius 2 is 2.13 bits per heavy atom. The summed E-state index contributed by atoms with van der Waals surface area (Å²) in [7, 11) is 1.83. The molecule has 1 rings (SSSR count). The molecule has 0 aliphatic carbocycles. The molecule has 86 valence electrons. The molecule has 6 heteroatoms. The van der Waals surface area contributed by atoms with E-state index in [1.165, 1.54) is 11.3 Å². The third-order valence-corrected chi connectivity index (χ3v) is 3.31. The largest absolute Gasteiger partial charge is 0.391 e. The van der Waals surface area contributed by atoms with Crippen LogP contribution in [-0.4, -0.2) is 34.4 Å². The van der Waals surface area contributed by atoms with Crippen molar-refractivity contribution in [1.29, 1.82) is 0 Å². The smallest absolute Gasteiger partial charge is 0.186 e. The minimum absolute atomic E-state index is 0.104. The van der Waals surface area contributed by atoms with Crippen LogP contribution in [0.25, 0.3) is 0 Å². The summed E-state index contributed by atoms with van der Waals surface area (Å²) in [5.41, 5.74) is -0.785. The van der Waals surface area contributed by atoms with Crippen molar-refractivity contribution < 1.29 is 10.2 Å². The maximum atomic E-state index is 9.64. The highest BCUT2D eigenvalue weighted by Crippen LogP contribution is 2.29. The highest BCUT2D eigenvalue weighted by Gasteiger charge is 2.19. The molecule has 0 aromatic carbocycles. The summed E-state index contributed by atoms with van der Waals surface area (Å²) in [4.78, 5) is 6.57. The number of halogens is 1. The van der Waals surface area contributed by atoms with Crippen molar-refractivity contribution in [2.24, 2.45) is 0 Å². The van der Waals surface area contributed by atoms with Crippen molar-refractivity contribution >= 4 is 28.1 Å². The maximum Gasteiger partial charge on any atom is 0.186 e. The molecule has 15 heavy (non-hydrogen) atoms. The molecule has 0 unspecified atom stereocenters. The molecule has 1 heterocycles. The Labute approximate surface area is 98.1 Å². The average molecular weight is 251 g/mol. The topological polar surface area (TPSA) is 56.6 Å². The SMILES string of the molecule is CN(CC(C)(C)O)c1nc(Cl)c(CO)s1. The third-order valence-electron chi connectivity index (χ3n) is 1.73. The summed E-state index contributed by atoms with van der Waals surface area (Å²) >= 11 is 7.14. The molecule has 0 amide bonds. The van der Waals surface area contributed by atoms with Gasteiger partial charge in [0, 0.05) is 13.6 Å². The minimum atomic E-state index is -0.785. The number of rotatable bonds is 4. The Balaban J connectivity index is 2.78. The van der Waals surface area contributed by atoms with Crippen LogP contribution < -0.4 is 4.90 Å². The van der Waals surface area contributed by atoms with E-state index in [2.05, 4.69) is 4.98 Å². The Bertz CT molecular complexity index is 335. The highest BCUT2D eigenvalue weighted by atomic mass is 35.5. The van der Waals surface area contributed by atoms with Crippen LogP contribution in [0.5, 0.6) is 0 Å². The van der Waals surface area contributed by atoms with Crippen molar-refractivity contribution in [3.63, 3.8) is 0 Å². The van der Waals surface area contributed by atoms with Gasteiger partial charge < -0.3 is 15.1 Å². The van der Waals surface area contributed by atoms with Crippen LogP contribution in [0, 0.1) is 0 Å². The fourth-order valence-electron chi connectivity index (χ4n) is 1.23. The van der Waals surface area contributed by atoms with Gasteiger partial charge in [-0.3, -0.25) is 0 Å². The van der Waals surface area contributed by atoms with Crippen molar-refractivity contribution in [1.82, 2.24) is 4.98 Å². The second kappa shape index (κ2) is 4.65. The summed E-state index contributed by atoms with van der Waals surface area (Å²) < 4.78 is 0. The summed E-state index contributed by atoms with van der Waals surface area (Å²) in [5.74, 6) is 0. The lowest BCUT2D eigenvalue weighted by Crippen LogP contribution is -2.36. The molecule has 0 radical (unpaired) electrons. The van der Waals surface area contributed by atoms with Crippen LogP contribution in [0.3, 0.4) is 0 Å².